The van der Waals surface area contributed by atoms with Gasteiger partial charge in [0.15, 0.2) is 12.2 Å². The average Bonchev–Trinajstić information content (AvgIpc) is 3.21. The van der Waals surface area contributed by atoms with Crippen LogP contribution < -0.4 is 5.32 Å². The molecule has 1 saturated heterocycles. The minimum absolute atomic E-state index is 0.0195. The van der Waals surface area contributed by atoms with Gasteiger partial charge in [-0.1, -0.05) is 23.9 Å². The van der Waals surface area contributed by atoms with Gasteiger partial charge in [0.25, 0.3) is 5.91 Å². The van der Waals surface area contributed by atoms with Crippen LogP contribution in [0.15, 0.2) is 40.0 Å². The predicted molar refractivity (Wildman–Crippen MR) is 121 cm³/mol. The normalized spacial score (nSPS) is 14.4. The zero-order valence-electron chi connectivity index (χ0n) is 18.1. The van der Waals surface area contributed by atoms with E-state index in [1.54, 1.807) is 11.8 Å². The molecule has 3 heterocycles. The molecule has 2 amide bonds. The molecule has 1 fully saturated rings. The number of furan rings is 1. The number of rotatable bonds is 7. The molecule has 1 N–H and O–H groups in total. The van der Waals surface area contributed by atoms with E-state index >= 15 is 0 Å². The smallest absolute Gasteiger partial charge is 0.409 e. The number of carbonyl (C=O) groups is 3. The maximum atomic E-state index is 12.1. The van der Waals surface area contributed by atoms with Crippen LogP contribution in [0.2, 0.25) is 0 Å². The lowest BCUT2D eigenvalue weighted by Gasteiger charge is -2.31. The predicted octanol–water partition coefficient (Wildman–Crippen LogP) is 2.75. The first-order valence-corrected chi connectivity index (χ1v) is 11.7. The highest BCUT2D eigenvalue weighted by Crippen LogP contribution is 2.32. The number of nitrogens with one attached hydrogen (secondary N) is 1. The lowest BCUT2D eigenvalue weighted by atomic mass is 10.1. The molecule has 10 nitrogen and oxygen atoms in total. The number of amides is 2. The van der Waals surface area contributed by atoms with Crippen LogP contribution in [0.1, 0.15) is 19.8 Å². The first kappa shape index (κ1) is 22.8. The summed E-state index contributed by atoms with van der Waals surface area (Å²) in [5.41, 5.74) is 1.90. The maximum absolute atomic E-state index is 12.1. The van der Waals surface area contributed by atoms with Gasteiger partial charge in [-0.15, -0.1) is 0 Å². The van der Waals surface area contributed by atoms with Gasteiger partial charge in [-0.3, -0.25) is 9.59 Å². The van der Waals surface area contributed by atoms with Crippen molar-refractivity contribution in [1.82, 2.24) is 20.2 Å². The van der Waals surface area contributed by atoms with Gasteiger partial charge in [0.1, 0.15) is 22.5 Å². The number of hydrogen-bond donors (Lipinski definition) is 1. The summed E-state index contributed by atoms with van der Waals surface area (Å²) in [6.07, 6.45) is 2.33. The number of aromatic nitrogens is 2. The summed E-state index contributed by atoms with van der Waals surface area (Å²) in [4.78, 5) is 46.1. The third-order valence-corrected chi connectivity index (χ3v) is 6.15. The molecule has 4 rings (SSSR count). The number of ether oxygens (including phenoxy) is 2. The zero-order valence-corrected chi connectivity index (χ0v) is 18.9. The third kappa shape index (κ3) is 5.54. The van der Waals surface area contributed by atoms with Crippen molar-refractivity contribution in [3.8, 4) is 0 Å². The van der Waals surface area contributed by atoms with E-state index in [0.29, 0.717) is 54.2 Å². The number of fused-ring (bicyclic) bond motifs is 3. The van der Waals surface area contributed by atoms with E-state index in [-0.39, 0.29) is 30.4 Å². The molecule has 3 aromatic rings. The van der Waals surface area contributed by atoms with Gasteiger partial charge < -0.3 is 24.1 Å². The van der Waals surface area contributed by atoms with Crippen molar-refractivity contribution in [3.63, 3.8) is 0 Å². The van der Waals surface area contributed by atoms with Crippen LogP contribution in [0, 0.1) is 0 Å². The lowest BCUT2D eigenvalue weighted by Crippen LogP contribution is -2.47. The second-order valence-corrected chi connectivity index (χ2v) is 8.40. The highest BCUT2D eigenvalue weighted by Gasteiger charge is 2.25. The van der Waals surface area contributed by atoms with Crippen LogP contribution in [0.5, 0.6) is 0 Å². The van der Waals surface area contributed by atoms with Crippen molar-refractivity contribution in [1.29, 1.82) is 0 Å². The molecule has 0 unspecified atom stereocenters. The number of esters is 1. The number of nitrogens with zero attached hydrogens (tertiary/aromatic N) is 3. The van der Waals surface area contributed by atoms with E-state index < -0.39 is 5.97 Å². The number of hydrogen-bond acceptors (Lipinski definition) is 9. The van der Waals surface area contributed by atoms with Crippen LogP contribution in [0.3, 0.4) is 0 Å². The quantitative estimate of drug-likeness (QED) is 0.314. The van der Waals surface area contributed by atoms with Crippen molar-refractivity contribution in [2.45, 2.75) is 30.8 Å². The third-order valence-electron chi connectivity index (χ3n) is 5.20. The second kappa shape index (κ2) is 10.5. The molecular weight excluding hydrogens is 448 g/mol. The van der Waals surface area contributed by atoms with Gasteiger partial charge in [0.2, 0.25) is 0 Å². The van der Waals surface area contributed by atoms with Crippen LogP contribution >= 0.6 is 11.8 Å². The monoisotopic (exact) mass is 472 g/mol. The standard InChI is InChI=1S/C22H24N4O6S/c1-2-30-22(29)26-9-7-14(8-10-26)25-17(27)11-31-18(28)12-33-21-20-19(23-13-24-21)15-5-3-4-6-16(15)32-20/h3-6,13-14H,2,7-12H2,1H3,(H,25,27). The summed E-state index contributed by atoms with van der Waals surface area (Å²) < 4.78 is 15.9. The maximum Gasteiger partial charge on any atom is 0.409 e. The Balaban J connectivity index is 1.22. The molecule has 174 valence electrons. The second-order valence-electron chi connectivity index (χ2n) is 7.43. The fourth-order valence-electron chi connectivity index (χ4n) is 3.61. The highest BCUT2D eigenvalue weighted by atomic mass is 32.2. The summed E-state index contributed by atoms with van der Waals surface area (Å²) in [5.74, 6) is -0.922. The Morgan fingerprint density at radius 2 is 1.97 bits per heavy atom. The van der Waals surface area contributed by atoms with E-state index in [1.165, 1.54) is 18.1 Å². The van der Waals surface area contributed by atoms with Crippen LogP contribution in [0.4, 0.5) is 4.79 Å². The van der Waals surface area contributed by atoms with E-state index in [4.69, 9.17) is 13.9 Å². The van der Waals surface area contributed by atoms with Crippen molar-refractivity contribution >= 4 is 51.8 Å². The Bertz CT molecular complexity index is 1160. The summed E-state index contributed by atoms with van der Waals surface area (Å²) in [7, 11) is 0. The first-order chi connectivity index (χ1) is 16.0. The van der Waals surface area contributed by atoms with Crippen molar-refractivity contribution < 1.29 is 28.3 Å². The fourth-order valence-corrected chi connectivity index (χ4v) is 4.34. The van der Waals surface area contributed by atoms with Crippen LogP contribution in [0.25, 0.3) is 22.1 Å². The van der Waals surface area contributed by atoms with Crippen molar-refractivity contribution in [2.75, 3.05) is 32.1 Å². The SMILES string of the molecule is CCOC(=O)N1CCC(NC(=O)COC(=O)CSc2ncnc3c2oc2ccccc23)CC1. The summed E-state index contributed by atoms with van der Waals surface area (Å²) in [6.45, 7) is 2.75. The largest absolute Gasteiger partial charge is 0.455 e. The highest BCUT2D eigenvalue weighted by molar-refractivity contribution is 8.00. The van der Waals surface area contributed by atoms with E-state index in [9.17, 15) is 14.4 Å². The van der Waals surface area contributed by atoms with Gasteiger partial charge in [0, 0.05) is 24.5 Å². The molecule has 0 radical (unpaired) electrons. The number of thioether (sulfide) groups is 1. The van der Waals surface area contributed by atoms with Gasteiger partial charge in [-0.25, -0.2) is 14.8 Å². The van der Waals surface area contributed by atoms with Crippen molar-refractivity contribution in [3.05, 3.63) is 30.6 Å². The number of likely N-dealkylation sites (tertiary alicyclic amines) is 1. The topological polar surface area (TPSA) is 124 Å². The molecule has 11 heteroatoms. The molecule has 1 aliphatic heterocycles. The first-order valence-electron chi connectivity index (χ1n) is 10.7. The molecule has 0 aliphatic carbocycles. The Morgan fingerprint density at radius 1 is 1.18 bits per heavy atom. The van der Waals surface area contributed by atoms with Crippen molar-refractivity contribution in [2.24, 2.45) is 0 Å². The number of para-hydroxylation sites is 1. The Labute approximate surface area is 194 Å². The minimum Gasteiger partial charge on any atom is -0.455 e. The van der Waals surface area contributed by atoms with E-state index in [1.807, 2.05) is 24.3 Å². The fraction of sp³-hybridized carbons (Fsp3) is 0.409. The Hall–Kier alpha value is -3.34. The van der Waals surface area contributed by atoms with E-state index in [0.717, 1.165) is 5.39 Å². The molecule has 0 bridgehead atoms. The molecular formula is C22H24N4O6S. The summed E-state index contributed by atoms with van der Waals surface area (Å²) in [5, 5.41) is 4.25. The molecule has 33 heavy (non-hydrogen) atoms. The van der Waals surface area contributed by atoms with Crippen LogP contribution in [-0.2, 0) is 19.1 Å². The molecule has 0 atom stereocenters. The molecule has 0 spiro atoms. The molecule has 0 saturated carbocycles. The van der Waals surface area contributed by atoms with Crippen LogP contribution in [-0.4, -0.2) is 70.9 Å². The summed E-state index contributed by atoms with van der Waals surface area (Å²) in [6, 6.07) is 7.46. The average molecular weight is 473 g/mol. The molecule has 1 aliphatic rings. The number of benzene rings is 1. The van der Waals surface area contributed by atoms with Gasteiger partial charge in [-0.2, -0.15) is 0 Å². The minimum atomic E-state index is -0.532. The summed E-state index contributed by atoms with van der Waals surface area (Å²) >= 11 is 1.17. The molecule has 1 aromatic carbocycles. The van der Waals surface area contributed by atoms with E-state index in [2.05, 4.69) is 15.3 Å². The number of carbonyl (C=O) groups excluding carboxylic acids is 3. The lowest BCUT2D eigenvalue weighted by molar-refractivity contribution is -0.146. The van der Waals surface area contributed by atoms with Gasteiger partial charge in [-0.05, 0) is 31.9 Å². The molecule has 2 aromatic heterocycles. The van der Waals surface area contributed by atoms with Gasteiger partial charge >= 0.3 is 12.1 Å². The zero-order chi connectivity index (χ0) is 23.2. The number of piperidine rings is 1. The van der Waals surface area contributed by atoms with Gasteiger partial charge in [0.05, 0.1) is 12.4 Å². The Kier molecular flexibility index (Phi) is 7.28. The Morgan fingerprint density at radius 3 is 2.76 bits per heavy atom.